The Balaban J connectivity index is 2.20. The van der Waals surface area contributed by atoms with E-state index in [2.05, 4.69) is 26.3 Å². The molecule has 0 unspecified atom stereocenters. The summed E-state index contributed by atoms with van der Waals surface area (Å²) in [4.78, 5) is 77.6. The number of benzene rings is 1. The van der Waals surface area contributed by atoms with E-state index >= 15 is 0 Å². The first-order valence-electron chi connectivity index (χ1n) is 13.8. The van der Waals surface area contributed by atoms with Crippen molar-refractivity contribution in [3.8, 4) is 0 Å². The molecule has 1 heterocycles. The Labute approximate surface area is 239 Å². The highest BCUT2D eigenvalue weighted by atomic mass is 16.4. The zero-order valence-corrected chi connectivity index (χ0v) is 24.2. The molecule has 224 valence electrons. The zero-order valence-electron chi connectivity index (χ0n) is 24.2. The predicted octanol–water partition coefficient (Wildman–Crippen LogP) is 1.44. The molecule has 4 amide bonds. The topological polar surface area (TPSA) is 187 Å². The van der Waals surface area contributed by atoms with Crippen LogP contribution in [0.2, 0.25) is 0 Å². The summed E-state index contributed by atoms with van der Waals surface area (Å²) < 4.78 is 0. The normalized spacial score (nSPS) is 15.4. The molecule has 0 aliphatic carbocycles. The second kappa shape index (κ2) is 15.5. The summed E-state index contributed by atoms with van der Waals surface area (Å²) in [6, 6.07) is 3.27. The maximum Gasteiger partial charge on any atom is 0.305 e. The molecule has 41 heavy (non-hydrogen) atoms. The Hall–Kier alpha value is -4.22. The molecule has 0 aliphatic rings. The fourth-order valence-electron chi connectivity index (χ4n) is 4.47. The van der Waals surface area contributed by atoms with Crippen LogP contribution in [0.25, 0.3) is 10.9 Å². The summed E-state index contributed by atoms with van der Waals surface area (Å²) in [7, 11) is 0. The molecular weight excluding hydrogens is 530 g/mol. The van der Waals surface area contributed by atoms with Gasteiger partial charge >= 0.3 is 5.97 Å². The molecule has 2 aromatic rings. The van der Waals surface area contributed by atoms with Crippen LogP contribution in [0.3, 0.4) is 0 Å². The molecule has 12 heteroatoms. The summed E-state index contributed by atoms with van der Waals surface area (Å²) in [5, 5.41) is 20.4. The molecule has 0 spiro atoms. The molecule has 0 saturated heterocycles. The SMILES string of the molecule is CC[C@H](C)[C@H](NC(=O)[C@H](CC(=O)O)NC(C)=O)C(=O)N[C@H](C(=O)N[C@H](C=O)Cc1c[nH]c2ccccc12)[C@@H](C)CC. The van der Waals surface area contributed by atoms with E-state index < -0.39 is 60.2 Å². The van der Waals surface area contributed by atoms with Crippen molar-refractivity contribution in [1.29, 1.82) is 0 Å². The lowest BCUT2D eigenvalue weighted by molar-refractivity contribution is -0.141. The molecule has 12 nitrogen and oxygen atoms in total. The minimum Gasteiger partial charge on any atom is -0.481 e. The Kier molecular flexibility index (Phi) is 12.5. The molecule has 0 bridgehead atoms. The second-order valence-corrected chi connectivity index (χ2v) is 10.4. The van der Waals surface area contributed by atoms with E-state index in [9.17, 15) is 28.8 Å². The number of H-pyrrole nitrogens is 1. The predicted molar refractivity (Wildman–Crippen MR) is 153 cm³/mol. The average Bonchev–Trinajstić information content (AvgIpc) is 3.34. The van der Waals surface area contributed by atoms with Gasteiger partial charge in [0.1, 0.15) is 24.4 Å². The molecule has 6 N–H and O–H groups in total. The van der Waals surface area contributed by atoms with Crippen molar-refractivity contribution in [2.45, 2.75) is 84.5 Å². The number of carbonyl (C=O) groups excluding carboxylic acids is 5. The van der Waals surface area contributed by atoms with Crippen molar-refractivity contribution in [2.24, 2.45) is 11.8 Å². The van der Waals surface area contributed by atoms with Crippen molar-refractivity contribution in [3.63, 3.8) is 0 Å². The van der Waals surface area contributed by atoms with Gasteiger partial charge in [0.2, 0.25) is 23.6 Å². The summed E-state index contributed by atoms with van der Waals surface area (Å²) >= 11 is 0. The number of aromatic amines is 1. The van der Waals surface area contributed by atoms with Crippen LogP contribution >= 0.6 is 0 Å². The maximum absolute atomic E-state index is 13.5. The van der Waals surface area contributed by atoms with Crippen molar-refractivity contribution < 1.29 is 33.9 Å². The lowest BCUT2D eigenvalue weighted by Crippen LogP contribution is -2.60. The lowest BCUT2D eigenvalue weighted by atomic mass is 9.94. The average molecular weight is 572 g/mol. The number of hydrogen-bond donors (Lipinski definition) is 6. The van der Waals surface area contributed by atoms with Gasteiger partial charge in [-0.15, -0.1) is 0 Å². The van der Waals surface area contributed by atoms with Gasteiger partial charge in [0.15, 0.2) is 0 Å². The van der Waals surface area contributed by atoms with Crippen LogP contribution in [0.4, 0.5) is 0 Å². The van der Waals surface area contributed by atoms with Crippen LogP contribution < -0.4 is 21.3 Å². The number of amides is 4. The van der Waals surface area contributed by atoms with Crippen LogP contribution in [0.5, 0.6) is 0 Å². The number of aldehydes is 1. The van der Waals surface area contributed by atoms with Crippen molar-refractivity contribution in [2.75, 3.05) is 0 Å². The molecular formula is C29H41N5O7. The first kappa shape index (κ1) is 33.0. The minimum atomic E-state index is -1.38. The zero-order chi connectivity index (χ0) is 30.7. The van der Waals surface area contributed by atoms with Crippen molar-refractivity contribution in [1.82, 2.24) is 26.3 Å². The maximum atomic E-state index is 13.5. The fourth-order valence-corrected chi connectivity index (χ4v) is 4.47. The van der Waals surface area contributed by atoms with E-state index in [0.717, 1.165) is 23.4 Å². The van der Waals surface area contributed by atoms with Gasteiger partial charge in [0, 0.05) is 30.4 Å². The highest BCUT2D eigenvalue weighted by Crippen LogP contribution is 2.19. The minimum absolute atomic E-state index is 0.250. The first-order chi connectivity index (χ1) is 19.4. The van der Waals surface area contributed by atoms with Crippen LogP contribution in [-0.4, -0.2) is 70.1 Å². The van der Waals surface area contributed by atoms with Gasteiger partial charge in [-0.1, -0.05) is 58.7 Å². The molecule has 0 radical (unpaired) electrons. The van der Waals surface area contributed by atoms with Crippen LogP contribution in [0, 0.1) is 11.8 Å². The number of hydrogen-bond acceptors (Lipinski definition) is 6. The van der Waals surface area contributed by atoms with Gasteiger partial charge in [-0.05, 0) is 23.5 Å². The number of para-hydroxylation sites is 1. The van der Waals surface area contributed by atoms with Gasteiger partial charge < -0.3 is 36.2 Å². The molecule has 2 rings (SSSR count). The van der Waals surface area contributed by atoms with Crippen molar-refractivity contribution in [3.05, 3.63) is 36.0 Å². The van der Waals surface area contributed by atoms with Gasteiger partial charge in [0.05, 0.1) is 12.5 Å². The summed E-state index contributed by atoms with van der Waals surface area (Å²) in [6.07, 6.45) is 3.05. The number of rotatable bonds is 16. The molecule has 6 atom stereocenters. The van der Waals surface area contributed by atoms with Gasteiger partial charge in [-0.25, -0.2) is 0 Å². The first-order valence-corrected chi connectivity index (χ1v) is 13.8. The molecule has 0 saturated carbocycles. The molecule has 1 aromatic heterocycles. The Bertz CT molecular complexity index is 1230. The van der Waals surface area contributed by atoms with E-state index in [0.29, 0.717) is 19.1 Å². The lowest BCUT2D eigenvalue weighted by Gasteiger charge is -2.30. The van der Waals surface area contributed by atoms with Gasteiger partial charge in [-0.2, -0.15) is 0 Å². The molecule has 0 aliphatic heterocycles. The number of aromatic nitrogens is 1. The summed E-state index contributed by atoms with van der Waals surface area (Å²) in [5.74, 6) is -4.59. The second-order valence-electron chi connectivity index (χ2n) is 10.4. The number of aliphatic carboxylic acids is 1. The van der Waals surface area contributed by atoms with E-state index in [1.54, 1.807) is 20.0 Å². The number of carbonyl (C=O) groups is 6. The standard InChI is InChI=1S/C29H41N5O7/c1-6-16(3)25(28(40)32-20(15-35)12-19-14-30-22-11-9-8-10-21(19)22)34-29(41)26(17(4)7-2)33-27(39)23(13-24(37)38)31-18(5)36/h8-11,14-17,20,23,25-26,30H,6-7,12-13H2,1-5H3,(H,31,36)(H,32,40)(H,33,39)(H,34,41)(H,37,38)/t16-,17-,20-,23-,25-,26-/m0/s1. The number of carboxylic acids is 1. The Morgan fingerprint density at radius 1 is 0.878 bits per heavy atom. The monoisotopic (exact) mass is 571 g/mol. The van der Waals surface area contributed by atoms with E-state index in [-0.39, 0.29) is 18.3 Å². The Morgan fingerprint density at radius 3 is 1.98 bits per heavy atom. The van der Waals surface area contributed by atoms with Crippen LogP contribution in [0.1, 0.15) is 59.4 Å². The van der Waals surface area contributed by atoms with Crippen LogP contribution in [-0.2, 0) is 35.2 Å². The van der Waals surface area contributed by atoms with Gasteiger partial charge in [-0.3, -0.25) is 24.0 Å². The van der Waals surface area contributed by atoms with E-state index in [1.807, 2.05) is 38.1 Å². The third kappa shape index (κ3) is 9.44. The smallest absolute Gasteiger partial charge is 0.305 e. The number of carboxylic acid groups (broad SMARTS) is 1. The number of nitrogens with one attached hydrogen (secondary N) is 5. The highest BCUT2D eigenvalue weighted by Gasteiger charge is 2.34. The molecule has 1 aromatic carbocycles. The van der Waals surface area contributed by atoms with E-state index in [1.165, 1.54) is 0 Å². The summed E-state index contributed by atoms with van der Waals surface area (Å²) in [5.41, 5.74) is 1.77. The molecule has 0 fully saturated rings. The summed E-state index contributed by atoms with van der Waals surface area (Å²) in [6.45, 7) is 8.35. The Morgan fingerprint density at radius 2 is 1.44 bits per heavy atom. The quantitative estimate of drug-likeness (QED) is 0.164. The number of fused-ring (bicyclic) bond motifs is 1. The third-order valence-corrected chi connectivity index (χ3v) is 7.27. The van der Waals surface area contributed by atoms with Crippen LogP contribution in [0.15, 0.2) is 30.5 Å². The third-order valence-electron chi connectivity index (χ3n) is 7.27. The van der Waals surface area contributed by atoms with E-state index in [4.69, 9.17) is 5.11 Å². The van der Waals surface area contributed by atoms with Crippen molar-refractivity contribution >= 4 is 46.8 Å². The fraction of sp³-hybridized carbons (Fsp3) is 0.517. The largest absolute Gasteiger partial charge is 0.481 e. The van der Waals surface area contributed by atoms with Gasteiger partial charge in [0.25, 0.3) is 0 Å². The highest BCUT2D eigenvalue weighted by molar-refractivity contribution is 5.96.